The first-order chi connectivity index (χ1) is 25.6. The molecule has 1 aliphatic rings. The SMILES string of the molecule is O=C1c2ccc3c4ccc5c6ccc7c(=O)n8c9ccccc9nc8c8ccc(c9ccc(c%10ccc(c2c3%10)C(=O)N1c1ccccc1)c4c59)c6c78. The molecule has 0 unspecified atom stereocenters. The third-order valence-corrected chi connectivity index (χ3v) is 11.8. The molecule has 6 heteroatoms. The predicted molar refractivity (Wildman–Crippen MR) is 210 cm³/mol. The molecule has 12 aromatic rings. The van der Waals surface area contributed by atoms with Gasteiger partial charge in [0.2, 0.25) is 0 Å². The topological polar surface area (TPSA) is 71.7 Å². The minimum Gasteiger partial charge on any atom is -0.268 e. The number of carbonyl (C=O) groups is 2. The van der Waals surface area contributed by atoms with E-state index in [9.17, 15) is 14.4 Å². The van der Waals surface area contributed by atoms with Gasteiger partial charge in [-0.3, -0.25) is 18.8 Å². The number of rotatable bonds is 1. The van der Waals surface area contributed by atoms with E-state index in [1.165, 1.54) is 10.3 Å². The molecule has 0 atom stereocenters. The molecule has 0 saturated carbocycles. The molecule has 2 aromatic heterocycles. The third kappa shape index (κ3) is 2.86. The van der Waals surface area contributed by atoms with Crippen molar-refractivity contribution < 1.29 is 9.59 Å². The molecule has 3 heterocycles. The summed E-state index contributed by atoms with van der Waals surface area (Å²) in [6.45, 7) is 0. The Kier molecular flexibility index (Phi) is 4.49. The van der Waals surface area contributed by atoms with Crippen molar-refractivity contribution in [3.63, 3.8) is 0 Å². The second-order valence-electron chi connectivity index (χ2n) is 14.1. The van der Waals surface area contributed by atoms with E-state index in [1.807, 2.05) is 60.7 Å². The Morgan fingerprint density at radius 2 is 0.808 bits per heavy atom. The van der Waals surface area contributed by atoms with Crippen LogP contribution >= 0.6 is 0 Å². The van der Waals surface area contributed by atoms with Crippen molar-refractivity contribution in [2.75, 3.05) is 4.90 Å². The lowest BCUT2D eigenvalue weighted by Gasteiger charge is -2.28. The van der Waals surface area contributed by atoms with Crippen LogP contribution < -0.4 is 10.5 Å². The molecule has 10 aromatic carbocycles. The number of imidazole rings is 1. The van der Waals surface area contributed by atoms with E-state index in [0.717, 1.165) is 86.4 Å². The molecule has 0 aliphatic carbocycles. The van der Waals surface area contributed by atoms with Gasteiger partial charge >= 0.3 is 0 Å². The number of hydrogen-bond acceptors (Lipinski definition) is 4. The summed E-state index contributed by atoms with van der Waals surface area (Å²) >= 11 is 0. The van der Waals surface area contributed by atoms with Crippen molar-refractivity contribution in [3.8, 4) is 0 Å². The van der Waals surface area contributed by atoms with Crippen LogP contribution in [-0.2, 0) is 0 Å². The highest BCUT2D eigenvalue weighted by atomic mass is 16.2. The van der Waals surface area contributed by atoms with Crippen molar-refractivity contribution in [2.45, 2.75) is 0 Å². The van der Waals surface area contributed by atoms with Gasteiger partial charge in [0.25, 0.3) is 17.4 Å². The summed E-state index contributed by atoms with van der Waals surface area (Å²) in [4.78, 5) is 48.4. The predicted octanol–water partition coefficient (Wildman–Crippen LogP) is 10.2. The molecule has 13 rings (SSSR count). The monoisotopic (exact) mass is 663 g/mol. The molecule has 6 nitrogen and oxygen atoms in total. The van der Waals surface area contributed by atoms with Gasteiger partial charge < -0.3 is 0 Å². The largest absolute Gasteiger partial charge is 0.268 e. The number of aromatic nitrogens is 2. The summed E-state index contributed by atoms with van der Waals surface area (Å²) in [5.74, 6) is -0.622. The van der Waals surface area contributed by atoms with Gasteiger partial charge in [-0.05, 0) is 113 Å². The maximum atomic E-state index is 14.2. The van der Waals surface area contributed by atoms with Crippen LogP contribution in [0.25, 0.3) is 103 Å². The number of anilines is 1. The Balaban J connectivity index is 1.16. The molecule has 2 amide bonds. The van der Waals surface area contributed by atoms with E-state index < -0.39 is 0 Å². The molecule has 52 heavy (non-hydrogen) atoms. The van der Waals surface area contributed by atoms with Crippen LogP contribution in [0.1, 0.15) is 20.7 Å². The molecule has 238 valence electrons. The zero-order valence-electron chi connectivity index (χ0n) is 27.2. The second-order valence-corrected chi connectivity index (χ2v) is 14.1. The van der Waals surface area contributed by atoms with E-state index in [-0.39, 0.29) is 17.4 Å². The quantitative estimate of drug-likeness (QED) is 0.0996. The number of carbonyl (C=O) groups excluding carboxylic acids is 2. The second kappa shape index (κ2) is 8.75. The summed E-state index contributed by atoms with van der Waals surface area (Å²) in [6, 6.07) is 42.0. The highest BCUT2D eigenvalue weighted by Gasteiger charge is 2.35. The lowest BCUT2D eigenvalue weighted by Crippen LogP contribution is -2.40. The first-order valence-electron chi connectivity index (χ1n) is 17.4. The highest BCUT2D eigenvalue weighted by Crippen LogP contribution is 2.50. The minimum absolute atomic E-state index is 0.0589. The van der Waals surface area contributed by atoms with Crippen molar-refractivity contribution in [1.29, 1.82) is 0 Å². The molecule has 0 saturated heterocycles. The maximum Gasteiger partial charge on any atom is 0.265 e. The molecule has 0 fully saturated rings. The highest BCUT2D eigenvalue weighted by molar-refractivity contribution is 6.46. The number of benzene rings is 10. The third-order valence-electron chi connectivity index (χ3n) is 11.8. The van der Waals surface area contributed by atoms with Crippen LogP contribution in [0.2, 0.25) is 0 Å². The summed E-state index contributed by atoms with van der Waals surface area (Å²) in [6.07, 6.45) is 0. The van der Waals surface area contributed by atoms with E-state index >= 15 is 0 Å². The summed E-state index contributed by atoms with van der Waals surface area (Å²) < 4.78 is 1.75. The van der Waals surface area contributed by atoms with Gasteiger partial charge in [0.05, 0.1) is 16.7 Å². The molecular formula is C46H21N3O3. The molecule has 0 N–H and O–H groups in total. The lowest BCUT2D eigenvalue weighted by molar-refractivity contribution is 0.0893. The molecule has 1 aliphatic heterocycles. The summed E-state index contributed by atoms with van der Waals surface area (Å²) in [5.41, 5.74) is 3.86. The number of hydrogen-bond donors (Lipinski definition) is 0. The Bertz CT molecular complexity index is 3580. The number of pyridine rings is 1. The zero-order chi connectivity index (χ0) is 34.1. The Morgan fingerprint density at radius 1 is 0.385 bits per heavy atom. The number of amides is 2. The van der Waals surface area contributed by atoms with Gasteiger partial charge in [-0.2, -0.15) is 0 Å². The fourth-order valence-electron chi connectivity index (χ4n) is 9.68. The fourth-order valence-corrected chi connectivity index (χ4v) is 9.68. The van der Waals surface area contributed by atoms with Gasteiger partial charge in [-0.15, -0.1) is 0 Å². The maximum absolute atomic E-state index is 14.2. The Morgan fingerprint density at radius 3 is 1.37 bits per heavy atom. The van der Waals surface area contributed by atoms with Gasteiger partial charge in [-0.1, -0.05) is 78.9 Å². The Labute approximate surface area is 292 Å². The first kappa shape index (κ1) is 26.7. The standard InChI is InChI=1S/C46H21N3O3/c50-44-33-20-16-29-25-12-10-23-27-14-18-31-41-32(46(52)49-36-9-5-4-8-35(36)47-43(31)49)19-15-28(39(27)41)24-11-13-26(38(25)37(23)24)30-17-21-34(42(33)40(29)30)45(51)48(44)22-6-2-1-3-7-22/h1-21H. The molecular weight excluding hydrogens is 643 g/mol. The molecule has 0 spiro atoms. The minimum atomic E-state index is -0.311. The van der Waals surface area contributed by atoms with E-state index in [2.05, 4.69) is 54.6 Å². The van der Waals surface area contributed by atoms with Crippen molar-refractivity contribution in [1.82, 2.24) is 9.38 Å². The van der Waals surface area contributed by atoms with E-state index in [1.54, 1.807) is 16.5 Å². The average molecular weight is 664 g/mol. The van der Waals surface area contributed by atoms with E-state index in [0.29, 0.717) is 27.8 Å². The van der Waals surface area contributed by atoms with Gasteiger partial charge in [0, 0.05) is 32.7 Å². The van der Waals surface area contributed by atoms with Crippen molar-refractivity contribution in [3.05, 3.63) is 149 Å². The Hall–Kier alpha value is -7.18. The molecule has 0 radical (unpaired) electrons. The number of nitrogens with zero attached hydrogens (tertiary/aromatic N) is 3. The number of fused-ring (bicyclic) bond motifs is 8. The normalized spacial score (nSPS) is 13.9. The van der Waals surface area contributed by atoms with Crippen LogP contribution in [0.15, 0.2) is 132 Å². The van der Waals surface area contributed by atoms with Crippen LogP contribution in [0.4, 0.5) is 5.69 Å². The summed E-state index contributed by atoms with van der Waals surface area (Å²) in [7, 11) is 0. The van der Waals surface area contributed by atoms with E-state index in [4.69, 9.17) is 4.98 Å². The lowest BCUT2D eigenvalue weighted by atomic mass is 9.81. The zero-order valence-corrected chi connectivity index (χ0v) is 27.2. The van der Waals surface area contributed by atoms with Crippen LogP contribution in [-0.4, -0.2) is 21.2 Å². The fraction of sp³-hybridized carbons (Fsp3) is 0. The summed E-state index contributed by atoms with van der Waals surface area (Å²) in [5, 5.41) is 16.3. The van der Waals surface area contributed by atoms with Gasteiger partial charge in [0.15, 0.2) is 0 Å². The van der Waals surface area contributed by atoms with Crippen LogP contribution in [0.3, 0.4) is 0 Å². The number of imide groups is 1. The van der Waals surface area contributed by atoms with Crippen molar-refractivity contribution in [2.24, 2.45) is 0 Å². The van der Waals surface area contributed by atoms with Gasteiger partial charge in [-0.25, -0.2) is 9.88 Å². The van der Waals surface area contributed by atoms with Crippen molar-refractivity contribution >= 4 is 120 Å². The smallest absolute Gasteiger partial charge is 0.265 e. The van der Waals surface area contributed by atoms with Crippen LogP contribution in [0, 0.1) is 0 Å². The first-order valence-corrected chi connectivity index (χ1v) is 17.4. The van der Waals surface area contributed by atoms with Crippen LogP contribution in [0.5, 0.6) is 0 Å². The average Bonchev–Trinajstić information content (AvgIpc) is 3.58. The van der Waals surface area contributed by atoms with Gasteiger partial charge in [0.1, 0.15) is 5.65 Å². The molecule has 0 bridgehead atoms. The number of para-hydroxylation sites is 3.